The lowest BCUT2D eigenvalue weighted by Crippen LogP contribution is -2.41. The average molecular weight is 280 g/mol. The molecule has 19 heavy (non-hydrogen) atoms. The third-order valence-electron chi connectivity index (χ3n) is 2.73. The average Bonchev–Trinajstić information content (AvgIpc) is 2.47. The van der Waals surface area contributed by atoms with E-state index in [-0.39, 0.29) is 17.3 Å². The van der Waals surface area contributed by atoms with E-state index in [9.17, 15) is 9.59 Å². The van der Waals surface area contributed by atoms with Gasteiger partial charge in [0.15, 0.2) is 0 Å². The molecule has 0 fully saturated rings. The van der Waals surface area contributed by atoms with Crippen molar-refractivity contribution in [1.29, 1.82) is 0 Å². The van der Waals surface area contributed by atoms with Crippen molar-refractivity contribution in [2.45, 2.75) is 12.5 Å². The van der Waals surface area contributed by atoms with Gasteiger partial charge in [-0.05, 0) is 18.2 Å². The van der Waals surface area contributed by atoms with Crippen LogP contribution in [0.25, 0.3) is 0 Å². The van der Waals surface area contributed by atoms with Crippen LogP contribution in [-0.4, -0.2) is 35.1 Å². The minimum absolute atomic E-state index is 0.261. The number of hydrogen-bond acceptors (Lipinski definition) is 4. The number of carbonyl (C=O) groups is 2. The molecule has 0 aromatic heterocycles. The van der Waals surface area contributed by atoms with Gasteiger partial charge in [0.05, 0.1) is 30.8 Å². The van der Waals surface area contributed by atoms with Crippen LogP contribution in [0.5, 0.6) is 5.75 Å². The highest BCUT2D eigenvalue weighted by molar-refractivity contribution is 7.80. The zero-order valence-electron chi connectivity index (χ0n) is 10.1. The smallest absolute Gasteiger partial charge is 0.305 e. The number of fused-ring (bicyclic) bond motifs is 1. The van der Waals surface area contributed by atoms with E-state index in [1.165, 1.54) is 7.11 Å². The number of aliphatic carboxylic acids is 1. The number of amides is 1. The zero-order valence-corrected chi connectivity index (χ0v) is 10.9. The largest absolute Gasteiger partial charge is 0.497 e. The zero-order chi connectivity index (χ0) is 14.0. The normalized spacial score (nSPS) is 17.8. The van der Waals surface area contributed by atoms with Crippen LogP contribution in [0.1, 0.15) is 16.8 Å². The number of benzene rings is 1. The summed E-state index contributed by atoms with van der Waals surface area (Å²) in [6, 6.07) is 4.21. The first-order valence-electron chi connectivity index (χ1n) is 5.53. The van der Waals surface area contributed by atoms with Gasteiger partial charge in [-0.2, -0.15) is 0 Å². The second-order valence-electron chi connectivity index (χ2n) is 4.02. The van der Waals surface area contributed by atoms with Crippen molar-refractivity contribution >= 4 is 34.8 Å². The van der Waals surface area contributed by atoms with E-state index in [1.54, 1.807) is 18.2 Å². The molecule has 1 unspecified atom stereocenters. The Labute approximate surface area is 114 Å². The predicted molar refractivity (Wildman–Crippen MR) is 72.7 cm³/mol. The fourth-order valence-electron chi connectivity index (χ4n) is 1.79. The number of rotatable bonds is 3. The van der Waals surface area contributed by atoms with Crippen LogP contribution in [0.3, 0.4) is 0 Å². The van der Waals surface area contributed by atoms with Gasteiger partial charge in [-0.15, -0.1) is 0 Å². The topological polar surface area (TPSA) is 87.7 Å². The molecule has 1 atom stereocenters. The number of nitrogens with one attached hydrogen (secondary N) is 2. The van der Waals surface area contributed by atoms with E-state index in [1.807, 2.05) is 0 Å². The molecule has 100 valence electrons. The second-order valence-corrected chi connectivity index (χ2v) is 4.46. The summed E-state index contributed by atoms with van der Waals surface area (Å²) in [6.45, 7) is 0. The standard InChI is InChI=1S/C12H12N2O4S/c1-18-6-2-3-8-7(4-6)11(17)13-9(5-10(15)16)12(19)14-8/h2-4,9H,5H2,1H3,(H,13,17)(H,14,19)(H,15,16). The van der Waals surface area contributed by atoms with Crippen LogP contribution in [0.2, 0.25) is 0 Å². The maximum atomic E-state index is 12.1. The van der Waals surface area contributed by atoms with Crippen molar-refractivity contribution in [3.63, 3.8) is 0 Å². The summed E-state index contributed by atoms with van der Waals surface area (Å²) in [7, 11) is 1.50. The Kier molecular flexibility index (Phi) is 3.66. The van der Waals surface area contributed by atoms with E-state index < -0.39 is 12.0 Å². The van der Waals surface area contributed by atoms with Crippen LogP contribution >= 0.6 is 12.2 Å². The van der Waals surface area contributed by atoms with Crippen molar-refractivity contribution in [3.8, 4) is 5.75 Å². The van der Waals surface area contributed by atoms with Gasteiger partial charge in [0, 0.05) is 0 Å². The molecule has 0 radical (unpaired) electrons. The molecule has 1 amide bonds. The number of thiocarbonyl (C=S) groups is 1. The Hall–Kier alpha value is -2.15. The van der Waals surface area contributed by atoms with Crippen molar-refractivity contribution in [2.24, 2.45) is 0 Å². The lowest BCUT2D eigenvalue weighted by molar-refractivity contribution is -0.137. The highest BCUT2D eigenvalue weighted by atomic mass is 32.1. The predicted octanol–water partition coefficient (Wildman–Crippen LogP) is 1.02. The molecule has 6 nitrogen and oxygen atoms in total. The van der Waals surface area contributed by atoms with E-state index >= 15 is 0 Å². The highest BCUT2D eigenvalue weighted by Gasteiger charge is 2.27. The summed E-state index contributed by atoms with van der Waals surface area (Å²) in [5.41, 5.74) is 0.908. The SMILES string of the molecule is COc1ccc2c(c1)C(=O)NC(CC(=O)O)C(=S)N2. The van der Waals surface area contributed by atoms with Crippen LogP contribution in [-0.2, 0) is 4.79 Å². The second kappa shape index (κ2) is 5.23. The number of methoxy groups -OCH3 is 1. The molecule has 1 heterocycles. The fraction of sp³-hybridized carbons (Fsp3) is 0.250. The van der Waals surface area contributed by atoms with E-state index in [0.717, 1.165) is 0 Å². The highest BCUT2D eigenvalue weighted by Crippen LogP contribution is 2.24. The van der Waals surface area contributed by atoms with Gasteiger partial charge in [-0.1, -0.05) is 12.2 Å². The maximum absolute atomic E-state index is 12.1. The lowest BCUT2D eigenvalue weighted by Gasteiger charge is -2.14. The fourth-order valence-corrected chi connectivity index (χ4v) is 2.04. The molecule has 3 N–H and O–H groups in total. The molecule has 1 aromatic carbocycles. The van der Waals surface area contributed by atoms with Gasteiger partial charge in [0.1, 0.15) is 10.7 Å². The molecule has 0 saturated heterocycles. The first kappa shape index (κ1) is 13.3. The Morgan fingerprint density at radius 2 is 2.26 bits per heavy atom. The first-order chi connectivity index (χ1) is 9.01. The summed E-state index contributed by atoms with van der Waals surface area (Å²) in [5, 5.41) is 14.3. The van der Waals surface area contributed by atoms with E-state index in [4.69, 9.17) is 22.1 Å². The quantitative estimate of drug-likeness (QED) is 0.717. The van der Waals surface area contributed by atoms with Gasteiger partial charge in [0.2, 0.25) is 0 Å². The van der Waals surface area contributed by atoms with Crippen LogP contribution in [0.4, 0.5) is 5.69 Å². The van der Waals surface area contributed by atoms with Crippen LogP contribution in [0.15, 0.2) is 18.2 Å². The first-order valence-corrected chi connectivity index (χ1v) is 5.93. The minimum Gasteiger partial charge on any atom is -0.497 e. The van der Waals surface area contributed by atoms with Crippen molar-refractivity contribution in [3.05, 3.63) is 23.8 Å². The minimum atomic E-state index is -1.03. The molecular formula is C12H12N2O4S. The molecule has 2 rings (SSSR count). The van der Waals surface area contributed by atoms with E-state index in [0.29, 0.717) is 17.0 Å². The third kappa shape index (κ3) is 2.82. The van der Waals surface area contributed by atoms with E-state index in [2.05, 4.69) is 10.6 Å². The van der Waals surface area contributed by atoms with Crippen LogP contribution < -0.4 is 15.4 Å². The number of carboxylic acids is 1. The molecule has 7 heteroatoms. The van der Waals surface area contributed by atoms with Gasteiger partial charge in [-0.25, -0.2) is 0 Å². The summed E-state index contributed by atoms with van der Waals surface area (Å²) < 4.78 is 5.05. The van der Waals surface area contributed by atoms with Gasteiger partial charge in [0.25, 0.3) is 5.91 Å². The Bertz CT molecular complexity index is 559. The Morgan fingerprint density at radius 1 is 1.53 bits per heavy atom. The summed E-state index contributed by atoms with van der Waals surface area (Å²) >= 11 is 5.10. The molecule has 0 bridgehead atoms. The lowest BCUT2D eigenvalue weighted by atomic mass is 10.1. The summed E-state index contributed by atoms with van der Waals surface area (Å²) in [5.74, 6) is -0.871. The summed E-state index contributed by atoms with van der Waals surface area (Å²) in [4.78, 5) is 23.1. The van der Waals surface area contributed by atoms with Crippen LogP contribution in [0, 0.1) is 0 Å². The van der Waals surface area contributed by atoms with Crippen molar-refractivity contribution < 1.29 is 19.4 Å². The number of carboxylic acid groups (broad SMARTS) is 1. The Morgan fingerprint density at radius 3 is 2.89 bits per heavy atom. The number of anilines is 1. The maximum Gasteiger partial charge on any atom is 0.305 e. The molecule has 0 spiro atoms. The summed E-state index contributed by atoms with van der Waals surface area (Å²) in [6.07, 6.45) is -0.261. The van der Waals surface area contributed by atoms with Crippen molar-refractivity contribution in [2.75, 3.05) is 12.4 Å². The number of hydrogen-bond donors (Lipinski definition) is 3. The number of ether oxygens (including phenoxy) is 1. The van der Waals surface area contributed by atoms with Gasteiger partial charge >= 0.3 is 5.97 Å². The molecule has 0 aliphatic carbocycles. The Balaban J connectivity index is 2.34. The van der Waals surface area contributed by atoms with Crippen molar-refractivity contribution in [1.82, 2.24) is 5.32 Å². The third-order valence-corrected chi connectivity index (χ3v) is 3.12. The molecular weight excluding hydrogens is 268 g/mol. The molecule has 1 aliphatic heterocycles. The monoisotopic (exact) mass is 280 g/mol. The molecule has 1 aromatic rings. The molecule has 1 aliphatic rings. The molecule has 0 saturated carbocycles. The number of carbonyl (C=O) groups excluding carboxylic acids is 1. The van der Waals surface area contributed by atoms with Gasteiger partial charge in [-0.3, -0.25) is 9.59 Å². The van der Waals surface area contributed by atoms with Gasteiger partial charge < -0.3 is 20.5 Å².